The summed E-state index contributed by atoms with van der Waals surface area (Å²) in [5.41, 5.74) is 0.859. The Morgan fingerprint density at radius 2 is 1.83 bits per heavy atom. The van der Waals surface area contributed by atoms with Gasteiger partial charge in [0.2, 0.25) is 6.79 Å². The third-order valence-electron chi connectivity index (χ3n) is 3.42. The van der Waals surface area contributed by atoms with Crippen molar-refractivity contribution in [1.29, 1.82) is 0 Å². The number of nitrogens with one attached hydrogen (secondary N) is 1. The maximum Gasteiger partial charge on any atom is 0.231 e. The van der Waals surface area contributed by atoms with Crippen molar-refractivity contribution in [3.63, 3.8) is 0 Å². The molecule has 1 unspecified atom stereocenters. The molecule has 0 radical (unpaired) electrons. The summed E-state index contributed by atoms with van der Waals surface area (Å²) in [5.74, 6) is 2.90. The topological polar surface area (TPSA) is 69.2 Å². The fourth-order valence-corrected chi connectivity index (χ4v) is 2.17. The van der Waals surface area contributed by atoms with Crippen molar-refractivity contribution in [2.24, 2.45) is 0 Å². The van der Waals surface area contributed by atoms with Gasteiger partial charge in [-0.15, -0.1) is 0 Å². The van der Waals surface area contributed by atoms with E-state index >= 15 is 0 Å². The van der Waals surface area contributed by atoms with E-state index in [4.69, 9.17) is 18.9 Å². The number of ether oxygens (including phenoxy) is 4. The van der Waals surface area contributed by atoms with E-state index in [2.05, 4.69) is 5.32 Å². The van der Waals surface area contributed by atoms with Gasteiger partial charge in [-0.25, -0.2) is 0 Å². The first kappa shape index (κ1) is 15.3. The van der Waals surface area contributed by atoms with Gasteiger partial charge in [0.25, 0.3) is 0 Å². The van der Waals surface area contributed by atoms with Gasteiger partial charge < -0.3 is 29.4 Å². The normalized spacial score (nSPS) is 13.5. The molecule has 0 spiro atoms. The molecule has 0 amide bonds. The van der Waals surface area contributed by atoms with E-state index in [1.165, 1.54) is 0 Å². The summed E-state index contributed by atoms with van der Waals surface area (Å²) in [6, 6.07) is 12.8. The Hall–Kier alpha value is -2.60. The fourth-order valence-electron chi connectivity index (χ4n) is 2.17. The summed E-state index contributed by atoms with van der Waals surface area (Å²) in [6.07, 6.45) is -0.637. The van der Waals surface area contributed by atoms with E-state index in [-0.39, 0.29) is 13.4 Å². The molecule has 6 nitrogen and oxygen atoms in total. The van der Waals surface area contributed by atoms with Gasteiger partial charge in [0.05, 0.1) is 7.11 Å². The zero-order valence-corrected chi connectivity index (χ0v) is 12.8. The molecule has 2 aromatic rings. The van der Waals surface area contributed by atoms with Crippen LogP contribution in [0.4, 0.5) is 5.69 Å². The van der Waals surface area contributed by atoms with E-state index in [1.807, 2.05) is 30.3 Å². The Balaban J connectivity index is 1.44. The predicted molar refractivity (Wildman–Crippen MR) is 85.6 cm³/mol. The molecule has 1 aliphatic rings. The summed E-state index contributed by atoms with van der Waals surface area (Å²) in [5, 5.41) is 13.1. The van der Waals surface area contributed by atoms with Crippen molar-refractivity contribution in [3.8, 4) is 23.0 Å². The van der Waals surface area contributed by atoms with Crippen LogP contribution in [-0.2, 0) is 0 Å². The second-order valence-electron chi connectivity index (χ2n) is 5.09. The van der Waals surface area contributed by atoms with Crippen molar-refractivity contribution >= 4 is 5.69 Å². The first-order valence-corrected chi connectivity index (χ1v) is 7.33. The van der Waals surface area contributed by atoms with Crippen LogP contribution in [0.3, 0.4) is 0 Å². The van der Waals surface area contributed by atoms with Crippen LogP contribution in [0.25, 0.3) is 0 Å². The maximum atomic E-state index is 10.00. The summed E-state index contributed by atoms with van der Waals surface area (Å²) >= 11 is 0. The first-order chi connectivity index (χ1) is 11.2. The van der Waals surface area contributed by atoms with Crippen LogP contribution in [-0.4, -0.2) is 38.3 Å². The van der Waals surface area contributed by atoms with Crippen molar-refractivity contribution in [2.75, 3.05) is 32.4 Å². The van der Waals surface area contributed by atoms with Crippen molar-refractivity contribution < 1.29 is 24.1 Å². The molecular weight excluding hydrogens is 298 g/mol. The van der Waals surface area contributed by atoms with E-state index in [0.29, 0.717) is 18.0 Å². The zero-order valence-electron chi connectivity index (χ0n) is 12.8. The zero-order chi connectivity index (χ0) is 16.1. The predicted octanol–water partition coefficient (Wildman–Crippen LogP) is 2.28. The molecule has 3 rings (SSSR count). The van der Waals surface area contributed by atoms with Crippen LogP contribution in [0.5, 0.6) is 23.0 Å². The van der Waals surface area contributed by atoms with Crippen LogP contribution >= 0.6 is 0 Å². The minimum atomic E-state index is -0.637. The minimum Gasteiger partial charge on any atom is -0.497 e. The van der Waals surface area contributed by atoms with Crippen molar-refractivity contribution in [3.05, 3.63) is 42.5 Å². The standard InChI is InChI=1S/C17H19NO5/c1-20-14-3-5-15(6-4-14)21-10-13(19)9-18-12-2-7-16-17(8-12)23-11-22-16/h2-8,13,18-19H,9-11H2,1H3. The Morgan fingerprint density at radius 3 is 2.61 bits per heavy atom. The molecule has 0 fully saturated rings. The van der Waals surface area contributed by atoms with Crippen LogP contribution < -0.4 is 24.3 Å². The Kier molecular flexibility index (Phi) is 4.73. The van der Waals surface area contributed by atoms with Gasteiger partial charge >= 0.3 is 0 Å². The highest BCUT2D eigenvalue weighted by atomic mass is 16.7. The molecule has 6 heteroatoms. The lowest BCUT2D eigenvalue weighted by atomic mass is 10.2. The maximum absolute atomic E-state index is 10.00. The molecule has 0 saturated carbocycles. The Bertz CT molecular complexity index is 644. The number of fused-ring (bicyclic) bond motifs is 1. The van der Waals surface area contributed by atoms with Gasteiger partial charge in [-0.1, -0.05) is 0 Å². The first-order valence-electron chi connectivity index (χ1n) is 7.33. The van der Waals surface area contributed by atoms with Crippen molar-refractivity contribution in [2.45, 2.75) is 6.10 Å². The van der Waals surface area contributed by atoms with Crippen LogP contribution in [0.2, 0.25) is 0 Å². The molecule has 2 aromatic carbocycles. The lowest BCUT2D eigenvalue weighted by molar-refractivity contribution is 0.117. The molecule has 0 aromatic heterocycles. The number of rotatable bonds is 7. The number of benzene rings is 2. The third kappa shape index (κ3) is 3.98. The summed E-state index contributed by atoms with van der Waals surface area (Å²) in [7, 11) is 1.61. The van der Waals surface area contributed by atoms with Crippen LogP contribution in [0.15, 0.2) is 42.5 Å². The van der Waals surface area contributed by atoms with E-state index < -0.39 is 6.10 Å². The number of hydrogen-bond donors (Lipinski definition) is 2. The van der Waals surface area contributed by atoms with Gasteiger partial charge in [-0.2, -0.15) is 0 Å². The Labute approximate surface area is 134 Å². The van der Waals surface area contributed by atoms with Crippen LogP contribution in [0, 0.1) is 0 Å². The third-order valence-corrected chi connectivity index (χ3v) is 3.42. The molecule has 1 atom stereocenters. The fraction of sp³-hybridized carbons (Fsp3) is 0.294. The number of aliphatic hydroxyl groups excluding tert-OH is 1. The molecule has 0 aliphatic carbocycles. The van der Waals surface area contributed by atoms with Gasteiger partial charge in [0.15, 0.2) is 11.5 Å². The lowest BCUT2D eigenvalue weighted by Crippen LogP contribution is -2.26. The summed E-state index contributed by atoms with van der Waals surface area (Å²) < 4.78 is 21.2. The number of aliphatic hydroxyl groups is 1. The highest BCUT2D eigenvalue weighted by Crippen LogP contribution is 2.34. The molecule has 122 valence electrons. The highest BCUT2D eigenvalue weighted by Gasteiger charge is 2.13. The van der Waals surface area contributed by atoms with E-state index in [9.17, 15) is 5.11 Å². The average molecular weight is 317 g/mol. The Morgan fingerprint density at radius 1 is 1.09 bits per heavy atom. The molecule has 23 heavy (non-hydrogen) atoms. The monoisotopic (exact) mass is 317 g/mol. The van der Waals surface area contributed by atoms with Crippen molar-refractivity contribution in [1.82, 2.24) is 0 Å². The average Bonchev–Trinajstić information content (AvgIpc) is 3.06. The van der Waals surface area contributed by atoms with Gasteiger partial charge in [-0.3, -0.25) is 0 Å². The number of anilines is 1. The molecule has 1 heterocycles. The van der Waals surface area contributed by atoms with E-state index in [1.54, 1.807) is 19.2 Å². The summed E-state index contributed by atoms with van der Waals surface area (Å²) in [4.78, 5) is 0. The highest BCUT2D eigenvalue weighted by molar-refractivity contribution is 5.55. The summed E-state index contributed by atoms with van der Waals surface area (Å²) in [6.45, 7) is 0.816. The molecule has 0 bridgehead atoms. The van der Waals surface area contributed by atoms with E-state index in [0.717, 1.165) is 17.2 Å². The molecule has 1 aliphatic heterocycles. The van der Waals surface area contributed by atoms with Gasteiger partial charge in [0.1, 0.15) is 24.2 Å². The quantitative estimate of drug-likeness (QED) is 0.816. The molecule has 2 N–H and O–H groups in total. The molecule has 0 saturated heterocycles. The number of hydrogen-bond acceptors (Lipinski definition) is 6. The molecular formula is C17H19NO5. The second kappa shape index (κ2) is 7.11. The van der Waals surface area contributed by atoms with Crippen LogP contribution in [0.1, 0.15) is 0 Å². The largest absolute Gasteiger partial charge is 0.497 e. The second-order valence-corrected chi connectivity index (χ2v) is 5.09. The lowest BCUT2D eigenvalue weighted by Gasteiger charge is -2.14. The smallest absolute Gasteiger partial charge is 0.231 e. The van der Waals surface area contributed by atoms with Gasteiger partial charge in [0, 0.05) is 18.3 Å². The minimum absolute atomic E-state index is 0.198. The van der Waals surface area contributed by atoms with Gasteiger partial charge in [-0.05, 0) is 36.4 Å². The number of methoxy groups -OCH3 is 1. The SMILES string of the molecule is COc1ccc(OCC(O)CNc2ccc3c(c2)OCO3)cc1.